The fourth-order valence-corrected chi connectivity index (χ4v) is 3.99. The van der Waals surface area contributed by atoms with Gasteiger partial charge in [0.15, 0.2) is 0 Å². The van der Waals surface area contributed by atoms with Crippen LogP contribution < -0.4 is 5.32 Å². The third-order valence-electron chi connectivity index (χ3n) is 5.77. The highest BCUT2D eigenvalue weighted by Gasteiger charge is 2.21. The first-order valence-corrected chi connectivity index (χ1v) is 10.4. The monoisotopic (exact) mass is 383 g/mol. The maximum absolute atomic E-state index is 12.0. The van der Waals surface area contributed by atoms with E-state index in [1.807, 2.05) is 32.3 Å². The summed E-state index contributed by atoms with van der Waals surface area (Å²) in [6.07, 6.45) is 3.84. The molecule has 2 aromatic rings. The predicted octanol–water partition coefficient (Wildman–Crippen LogP) is 3.22. The summed E-state index contributed by atoms with van der Waals surface area (Å²) in [6, 6.07) is 12.0. The number of phenols is 1. The molecular weight excluding hydrogens is 350 g/mol. The lowest BCUT2D eigenvalue weighted by Gasteiger charge is -2.32. The molecule has 1 aliphatic heterocycles. The van der Waals surface area contributed by atoms with Gasteiger partial charge in [0.25, 0.3) is 0 Å². The summed E-state index contributed by atoms with van der Waals surface area (Å²) in [6.45, 7) is 4.43. The summed E-state index contributed by atoms with van der Waals surface area (Å²) in [4.78, 5) is 16.5. The number of aromatic hydroxyl groups is 1. The predicted molar refractivity (Wildman–Crippen MR) is 114 cm³/mol. The summed E-state index contributed by atoms with van der Waals surface area (Å²) in [5.41, 5.74) is 1.02. The van der Waals surface area contributed by atoms with Crippen LogP contribution in [0.5, 0.6) is 5.75 Å². The van der Waals surface area contributed by atoms with Gasteiger partial charge in [0.05, 0.1) is 0 Å². The van der Waals surface area contributed by atoms with Gasteiger partial charge < -0.3 is 15.3 Å². The Morgan fingerprint density at radius 2 is 1.93 bits per heavy atom. The van der Waals surface area contributed by atoms with Crippen LogP contribution in [-0.2, 0) is 11.3 Å². The quantitative estimate of drug-likeness (QED) is 0.735. The van der Waals surface area contributed by atoms with Crippen molar-refractivity contribution in [3.63, 3.8) is 0 Å². The molecule has 0 aliphatic carbocycles. The van der Waals surface area contributed by atoms with Crippen LogP contribution in [0.1, 0.15) is 31.2 Å². The number of carbonyl (C=O) groups excluding carboxylic acids is 1. The van der Waals surface area contributed by atoms with E-state index in [1.165, 1.54) is 5.39 Å². The van der Waals surface area contributed by atoms with Crippen LogP contribution in [0.15, 0.2) is 36.4 Å². The molecule has 152 valence electrons. The number of fused-ring (bicyclic) bond motifs is 1. The van der Waals surface area contributed by atoms with Gasteiger partial charge in [0.1, 0.15) is 5.75 Å². The third kappa shape index (κ3) is 5.69. The van der Waals surface area contributed by atoms with Gasteiger partial charge in [-0.25, -0.2) is 0 Å². The van der Waals surface area contributed by atoms with Crippen LogP contribution in [0.25, 0.3) is 10.8 Å². The Hall–Kier alpha value is -2.11. The third-order valence-corrected chi connectivity index (χ3v) is 5.77. The van der Waals surface area contributed by atoms with Crippen LogP contribution in [0.2, 0.25) is 0 Å². The zero-order chi connectivity index (χ0) is 19.9. The molecule has 2 N–H and O–H groups in total. The van der Waals surface area contributed by atoms with Crippen molar-refractivity contribution in [3.8, 4) is 5.75 Å². The number of rotatable bonds is 8. The molecule has 28 heavy (non-hydrogen) atoms. The Kier molecular flexibility index (Phi) is 7.29. The van der Waals surface area contributed by atoms with E-state index in [1.54, 1.807) is 6.07 Å². The maximum atomic E-state index is 12.0. The number of phenolic OH excluding ortho intramolecular Hbond substituents is 1. The van der Waals surface area contributed by atoms with E-state index in [2.05, 4.69) is 27.2 Å². The molecule has 1 saturated heterocycles. The van der Waals surface area contributed by atoms with E-state index in [0.717, 1.165) is 62.9 Å². The number of hydrogen-bond acceptors (Lipinski definition) is 4. The summed E-state index contributed by atoms with van der Waals surface area (Å²) in [5.74, 6) is 1.18. The SMILES string of the molecule is CN(C)CCNC(=O)CCC1CCN(Cc2c(O)ccc3ccccc23)CC1. The summed E-state index contributed by atoms with van der Waals surface area (Å²) >= 11 is 0. The highest BCUT2D eigenvalue weighted by molar-refractivity contribution is 5.87. The highest BCUT2D eigenvalue weighted by Crippen LogP contribution is 2.30. The number of benzene rings is 2. The van der Waals surface area contributed by atoms with Gasteiger partial charge >= 0.3 is 0 Å². The minimum atomic E-state index is 0.171. The molecule has 2 aromatic carbocycles. The number of carbonyl (C=O) groups is 1. The van der Waals surface area contributed by atoms with Crippen molar-refractivity contribution in [1.29, 1.82) is 0 Å². The molecule has 1 fully saturated rings. The molecule has 0 atom stereocenters. The Morgan fingerprint density at radius 3 is 2.68 bits per heavy atom. The molecule has 0 unspecified atom stereocenters. The van der Waals surface area contributed by atoms with Crippen LogP contribution in [-0.4, -0.2) is 61.1 Å². The molecule has 5 heteroatoms. The number of nitrogens with one attached hydrogen (secondary N) is 1. The second-order valence-corrected chi connectivity index (χ2v) is 8.20. The van der Waals surface area contributed by atoms with Crippen LogP contribution in [0.3, 0.4) is 0 Å². The molecule has 0 spiro atoms. The van der Waals surface area contributed by atoms with E-state index in [0.29, 0.717) is 18.1 Å². The highest BCUT2D eigenvalue weighted by atomic mass is 16.3. The summed E-state index contributed by atoms with van der Waals surface area (Å²) in [5, 5.41) is 15.7. The molecular formula is C23H33N3O2. The first kappa shape index (κ1) is 20.6. The Balaban J connectivity index is 1.45. The fourth-order valence-electron chi connectivity index (χ4n) is 3.99. The lowest BCUT2D eigenvalue weighted by atomic mass is 9.91. The van der Waals surface area contributed by atoms with Gasteiger partial charge in [-0.1, -0.05) is 30.3 Å². The van der Waals surface area contributed by atoms with Gasteiger partial charge in [-0.15, -0.1) is 0 Å². The molecule has 1 aliphatic rings. The topological polar surface area (TPSA) is 55.8 Å². The Labute approximate surface area is 168 Å². The van der Waals surface area contributed by atoms with Crippen LogP contribution >= 0.6 is 0 Å². The molecule has 1 heterocycles. The normalized spacial score (nSPS) is 16.0. The smallest absolute Gasteiger partial charge is 0.220 e. The molecule has 1 amide bonds. The molecule has 0 radical (unpaired) electrons. The Morgan fingerprint density at radius 1 is 1.18 bits per heavy atom. The van der Waals surface area contributed by atoms with Crippen molar-refractivity contribution in [1.82, 2.24) is 15.1 Å². The second-order valence-electron chi connectivity index (χ2n) is 8.20. The van der Waals surface area contributed by atoms with E-state index >= 15 is 0 Å². The average Bonchev–Trinajstić information content (AvgIpc) is 2.69. The van der Waals surface area contributed by atoms with E-state index in [4.69, 9.17) is 0 Å². The number of piperidine rings is 1. The molecule has 3 rings (SSSR count). The van der Waals surface area contributed by atoms with Crippen molar-refractivity contribution in [2.75, 3.05) is 40.3 Å². The zero-order valence-electron chi connectivity index (χ0n) is 17.2. The van der Waals surface area contributed by atoms with Crippen LogP contribution in [0, 0.1) is 5.92 Å². The summed E-state index contributed by atoms with van der Waals surface area (Å²) < 4.78 is 0. The lowest BCUT2D eigenvalue weighted by Crippen LogP contribution is -2.34. The molecule has 0 bridgehead atoms. The van der Waals surface area contributed by atoms with Gasteiger partial charge in [0, 0.05) is 31.6 Å². The van der Waals surface area contributed by atoms with Gasteiger partial charge in [-0.3, -0.25) is 9.69 Å². The lowest BCUT2D eigenvalue weighted by molar-refractivity contribution is -0.121. The van der Waals surface area contributed by atoms with E-state index < -0.39 is 0 Å². The largest absolute Gasteiger partial charge is 0.508 e. The van der Waals surface area contributed by atoms with Gasteiger partial charge in [-0.05, 0) is 69.2 Å². The minimum absolute atomic E-state index is 0.171. The number of likely N-dealkylation sites (tertiary alicyclic amines) is 1. The average molecular weight is 384 g/mol. The fraction of sp³-hybridized carbons (Fsp3) is 0.522. The van der Waals surface area contributed by atoms with E-state index in [-0.39, 0.29) is 5.91 Å². The van der Waals surface area contributed by atoms with Crippen molar-refractivity contribution < 1.29 is 9.90 Å². The van der Waals surface area contributed by atoms with Gasteiger partial charge in [0.2, 0.25) is 5.91 Å². The van der Waals surface area contributed by atoms with Crippen molar-refractivity contribution >= 4 is 16.7 Å². The van der Waals surface area contributed by atoms with Crippen molar-refractivity contribution in [3.05, 3.63) is 42.0 Å². The second kappa shape index (κ2) is 9.89. The Bertz CT molecular complexity index is 783. The summed E-state index contributed by atoms with van der Waals surface area (Å²) in [7, 11) is 4.02. The first-order valence-electron chi connectivity index (χ1n) is 10.4. The van der Waals surface area contributed by atoms with Gasteiger partial charge in [-0.2, -0.15) is 0 Å². The minimum Gasteiger partial charge on any atom is -0.508 e. The number of amides is 1. The molecule has 5 nitrogen and oxygen atoms in total. The molecule has 0 saturated carbocycles. The maximum Gasteiger partial charge on any atom is 0.220 e. The number of likely N-dealkylation sites (N-methyl/N-ethyl adjacent to an activating group) is 1. The zero-order valence-corrected chi connectivity index (χ0v) is 17.2. The van der Waals surface area contributed by atoms with Crippen molar-refractivity contribution in [2.45, 2.75) is 32.2 Å². The number of nitrogens with zero attached hydrogens (tertiary/aromatic N) is 2. The van der Waals surface area contributed by atoms with Crippen molar-refractivity contribution in [2.24, 2.45) is 5.92 Å². The van der Waals surface area contributed by atoms with Crippen LogP contribution in [0.4, 0.5) is 0 Å². The standard InChI is InChI=1S/C23H33N3O2/c1-25(2)16-13-24-23(28)10-7-18-11-14-26(15-12-18)17-21-20-6-4-3-5-19(20)8-9-22(21)27/h3-6,8-9,18,27H,7,10-17H2,1-2H3,(H,24,28). The number of hydrogen-bond donors (Lipinski definition) is 2. The van der Waals surface area contributed by atoms with E-state index in [9.17, 15) is 9.90 Å². The molecule has 0 aromatic heterocycles. The first-order chi connectivity index (χ1) is 13.5.